The first-order valence-electron chi connectivity index (χ1n) is 10.3. The van der Waals surface area contributed by atoms with Crippen molar-refractivity contribution in [2.75, 3.05) is 26.7 Å². The van der Waals surface area contributed by atoms with Gasteiger partial charge in [0, 0.05) is 56.3 Å². The first kappa shape index (κ1) is 19.3. The summed E-state index contributed by atoms with van der Waals surface area (Å²) in [4.78, 5) is 6.98. The summed E-state index contributed by atoms with van der Waals surface area (Å²) in [5.74, 6) is 1.54. The molecule has 2 aliphatic rings. The van der Waals surface area contributed by atoms with Gasteiger partial charge in [0.25, 0.3) is 0 Å². The number of benzene rings is 1. The zero-order valence-corrected chi connectivity index (χ0v) is 17.6. The van der Waals surface area contributed by atoms with Crippen molar-refractivity contribution in [3.05, 3.63) is 52.8 Å². The average molecular weight is 400 g/mol. The van der Waals surface area contributed by atoms with Crippen LogP contribution in [0.25, 0.3) is 0 Å². The molecule has 1 aromatic heterocycles. The fourth-order valence-corrected chi connectivity index (χ4v) is 5.08. The summed E-state index contributed by atoms with van der Waals surface area (Å²) >= 11 is 6.30. The molecule has 1 aliphatic heterocycles. The minimum Gasteiger partial charge on any atom is -0.355 e. The molecule has 0 radical (unpaired) electrons. The van der Waals surface area contributed by atoms with Gasteiger partial charge in [-0.1, -0.05) is 36.6 Å². The highest BCUT2D eigenvalue weighted by Crippen LogP contribution is 2.41. The number of aliphatic imine (C=N–C) groups is 1. The second-order valence-electron chi connectivity index (χ2n) is 8.28. The minimum absolute atomic E-state index is 0.156. The van der Waals surface area contributed by atoms with Crippen LogP contribution >= 0.6 is 11.6 Å². The Morgan fingerprint density at radius 3 is 2.86 bits per heavy atom. The van der Waals surface area contributed by atoms with E-state index in [-0.39, 0.29) is 5.41 Å². The Labute approximate surface area is 172 Å². The van der Waals surface area contributed by atoms with Crippen LogP contribution in [0.2, 0.25) is 5.02 Å². The van der Waals surface area contributed by atoms with Gasteiger partial charge in [-0.15, -0.1) is 0 Å². The maximum Gasteiger partial charge on any atom is 0.193 e. The monoisotopic (exact) mass is 399 g/mol. The summed E-state index contributed by atoms with van der Waals surface area (Å²) in [5.41, 5.74) is 2.84. The summed E-state index contributed by atoms with van der Waals surface area (Å²) in [7, 11) is 3.87. The van der Waals surface area contributed by atoms with Gasteiger partial charge in [0.15, 0.2) is 5.96 Å². The van der Waals surface area contributed by atoms with E-state index in [0.29, 0.717) is 5.92 Å². The van der Waals surface area contributed by atoms with Gasteiger partial charge in [0.05, 0.1) is 6.20 Å². The van der Waals surface area contributed by atoms with Crippen molar-refractivity contribution in [3.63, 3.8) is 0 Å². The molecule has 4 rings (SSSR count). The molecule has 1 unspecified atom stereocenters. The number of aromatic nitrogens is 2. The van der Waals surface area contributed by atoms with Crippen LogP contribution in [0.1, 0.15) is 49.1 Å². The normalized spacial score (nSPS) is 22.0. The van der Waals surface area contributed by atoms with Gasteiger partial charge >= 0.3 is 0 Å². The molecule has 150 valence electrons. The van der Waals surface area contributed by atoms with Crippen LogP contribution in [-0.2, 0) is 12.5 Å². The van der Waals surface area contributed by atoms with Crippen molar-refractivity contribution < 1.29 is 0 Å². The summed E-state index contributed by atoms with van der Waals surface area (Å²) in [6.45, 7) is 2.94. The molecule has 1 saturated carbocycles. The number of hydrogen-bond donors (Lipinski definition) is 1. The fraction of sp³-hybridized carbons (Fsp3) is 0.545. The Morgan fingerprint density at radius 2 is 2.18 bits per heavy atom. The van der Waals surface area contributed by atoms with E-state index in [0.717, 1.165) is 37.0 Å². The molecule has 0 amide bonds. The predicted octanol–water partition coefficient (Wildman–Crippen LogP) is 3.95. The molecule has 2 heterocycles. The van der Waals surface area contributed by atoms with Crippen molar-refractivity contribution in [3.8, 4) is 0 Å². The molecule has 1 saturated heterocycles. The summed E-state index contributed by atoms with van der Waals surface area (Å²) in [5, 5.41) is 8.86. The maximum absolute atomic E-state index is 6.30. The standard InChI is InChI=1S/C22H30ClN5/c1-24-21(28-11-8-17(15-28)18-13-26-27(2)14-18)25-16-22(9-3-4-10-22)19-6-5-7-20(23)12-19/h5-7,12-14,17H,3-4,8-11,15-16H2,1-2H3,(H,24,25). The molecule has 5 nitrogen and oxygen atoms in total. The lowest BCUT2D eigenvalue weighted by Crippen LogP contribution is -2.46. The number of likely N-dealkylation sites (tertiary alicyclic amines) is 1. The molecule has 1 aromatic carbocycles. The zero-order valence-electron chi connectivity index (χ0n) is 16.9. The number of aryl methyl sites for hydroxylation is 1. The van der Waals surface area contributed by atoms with Gasteiger partial charge < -0.3 is 10.2 Å². The van der Waals surface area contributed by atoms with Crippen LogP contribution in [0, 0.1) is 0 Å². The van der Waals surface area contributed by atoms with Gasteiger partial charge in [0.1, 0.15) is 0 Å². The largest absolute Gasteiger partial charge is 0.355 e. The third kappa shape index (κ3) is 3.90. The minimum atomic E-state index is 0.156. The van der Waals surface area contributed by atoms with Crippen LogP contribution < -0.4 is 5.32 Å². The van der Waals surface area contributed by atoms with Crippen LogP contribution in [0.3, 0.4) is 0 Å². The fourth-order valence-electron chi connectivity index (χ4n) is 4.89. The summed E-state index contributed by atoms with van der Waals surface area (Å²) in [6.07, 6.45) is 10.2. The average Bonchev–Trinajstić information content (AvgIpc) is 3.43. The highest BCUT2D eigenvalue weighted by atomic mass is 35.5. The van der Waals surface area contributed by atoms with Crippen molar-refractivity contribution >= 4 is 17.6 Å². The predicted molar refractivity (Wildman–Crippen MR) is 115 cm³/mol. The number of nitrogens with one attached hydrogen (secondary N) is 1. The van der Waals surface area contributed by atoms with Gasteiger partial charge in [-0.25, -0.2) is 0 Å². The van der Waals surface area contributed by atoms with Gasteiger partial charge in [-0.05, 0) is 42.5 Å². The highest BCUT2D eigenvalue weighted by Gasteiger charge is 2.36. The van der Waals surface area contributed by atoms with Crippen molar-refractivity contribution in [1.82, 2.24) is 20.0 Å². The van der Waals surface area contributed by atoms with Crippen LogP contribution in [0.5, 0.6) is 0 Å². The van der Waals surface area contributed by atoms with Crippen LogP contribution in [0.15, 0.2) is 41.7 Å². The SMILES string of the molecule is CN=C(NCC1(c2cccc(Cl)c2)CCCC1)N1CCC(c2cnn(C)c2)C1. The van der Waals surface area contributed by atoms with E-state index < -0.39 is 0 Å². The molecule has 1 aliphatic carbocycles. The van der Waals surface area contributed by atoms with Gasteiger partial charge in [-0.2, -0.15) is 5.10 Å². The van der Waals surface area contributed by atoms with Gasteiger partial charge in [0.2, 0.25) is 0 Å². The van der Waals surface area contributed by atoms with Crippen molar-refractivity contribution in [2.24, 2.45) is 12.0 Å². The number of rotatable bonds is 4. The first-order valence-corrected chi connectivity index (χ1v) is 10.7. The molecular formula is C22H30ClN5. The number of halogens is 1. The highest BCUT2D eigenvalue weighted by molar-refractivity contribution is 6.30. The Bertz CT molecular complexity index is 837. The van der Waals surface area contributed by atoms with E-state index >= 15 is 0 Å². The lowest BCUT2D eigenvalue weighted by Gasteiger charge is -2.32. The number of nitrogens with zero attached hydrogens (tertiary/aromatic N) is 4. The Hall–Kier alpha value is -2.01. The molecule has 1 N–H and O–H groups in total. The van der Waals surface area contributed by atoms with Crippen LogP contribution in [0.4, 0.5) is 0 Å². The van der Waals surface area contributed by atoms with Crippen molar-refractivity contribution in [1.29, 1.82) is 0 Å². The van der Waals surface area contributed by atoms with Crippen LogP contribution in [-0.4, -0.2) is 47.3 Å². The van der Waals surface area contributed by atoms with E-state index in [1.165, 1.54) is 36.8 Å². The third-order valence-corrected chi connectivity index (χ3v) is 6.71. The maximum atomic E-state index is 6.30. The number of hydrogen-bond acceptors (Lipinski definition) is 2. The summed E-state index contributed by atoms with van der Waals surface area (Å²) < 4.78 is 1.89. The molecule has 0 spiro atoms. The topological polar surface area (TPSA) is 45.5 Å². The Kier molecular flexibility index (Phi) is 5.63. The Morgan fingerprint density at radius 1 is 1.36 bits per heavy atom. The van der Waals surface area contributed by atoms with E-state index in [9.17, 15) is 0 Å². The first-order chi connectivity index (χ1) is 13.6. The second kappa shape index (κ2) is 8.16. The molecule has 1 atom stereocenters. The molecule has 28 heavy (non-hydrogen) atoms. The van der Waals surface area contributed by atoms with E-state index in [1.54, 1.807) is 0 Å². The van der Waals surface area contributed by atoms with Crippen molar-refractivity contribution in [2.45, 2.75) is 43.4 Å². The smallest absolute Gasteiger partial charge is 0.193 e. The van der Waals surface area contributed by atoms with E-state index in [1.807, 2.05) is 31.0 Å². The molecule has 6 heteroatoms. The molecular weight excluding hydrogens is 370 g/mol. The number of guanidine groups is 1. The lowest BCUT2D eigenvalue weighted by molar-refractivity contribution is 0.412. The lowest BCUT2D eigenvalue weighted by atomic mass is 9.79. The zero-order chi connectivity index (χ0) is 19.6. The molecule has 2 aromatic rings. The Balaban J connectivity index is 1.43. The van der Waals surface area contributed by atoms with Gasteiger partial charge in [-0.3, -0.25) is 9.67 Å². The molecule has 0 bridgehead atoms. The third-order valence-electron chi connectivity index (χ3n) is 6.48. The van der Waals surface area contributed by atoms with E-state index in [2.05, 4.69) is 44.7 Å². The molecule has 2 fully saturated rings. The second-order valence-corrected chi connectivity index (χ2v) is 8.71. The quantitative estimate of drug-likeness (QED) is 0.625. The van der Waals surface area contributed by atoms with E-state index in [4.69, 9.17) is 11.6 Å². The summed E-state index contributed by atoms with van der Waals surface area (Å²) in [6, 6.07) is 8.41.